The van der Waals surface area contributed by atoms with Gasteiger partial charge in [0.25, 0.3) is 0 Å². The minimum absolute atomic E-state index is 0.0428. The summed E-state index contributed by atoms with van der Waals surface area (Å²) in [4.78, 5) is 0. The fraction of sp³-hybridized carbons (Fsp3) is 0.935. The third-order valence-electron chi connectivity index (χ3n) is 6.69. The van der Waals surface area contributed by atoms with Crippen molar-refractivity contribution in [3.05, 3.63) is 12.7 Å². The highest BCUT2D eigenvalue weighted by atomic mass is 16.3. The first-order chi connectivity index (χ1) is 16.3. The second-order valence-electron chi connectivity index (χ2n) is 11.4. The van der Waals surface area contributed by atoms with Gasteiger partial charge in [0, 0.05) is 13.2 Å². The molecule has 206 valence electrons. The van der Waals surface area contributed by atoms with Gasteiger partial charge in [-0.3, -0.25) is 0 Å². The van der Waals surface area contributed by atoms with E-state index >= 15 is 0 Å². The summed E-state index contributed by atoms with van der Waals surface area (Å²) in [6.07, 6.45) is 27.0. The zero-order valence-corrected chi connectivity index (χ0v) is 23.8. The van der Waals surface area contributed by atoms with Gasteiger partial charge in [0.1, 0.15) is 0 Å². The third-order valence-corrected chi connectivity index (χ3v) is 6.69. The second-order valence-corrected chi connectivity index (χ2v) is 11.4. The highest BCUT2D eigenvalue weighted by molar-refractivity contribution is 4.82. The molecule has 1 aliphatic carbocycles. The van der Waals surface area contributed by atoms with Crippen molar-refractivity contribution >= 4 is 0 Å². The van der Waals surface area contributed by atoms with E-state index in [1.165, 1.54) is 96.3 Å². The average molecular weight is 485 g/mol. The molecular weight excluding hydrogens is 420 g/mol. The van der Waals surface area contributed by atoms with Crippen molar-refractivity contribution in [2.24, 2.45) is 11.3 Å². The summed E-state index contributed by atoms with van der Waals surface area (Å²) in [7, 11) is 0. The number of unbranched alkanes of at least 4 members (excludes halogenated alkanes) is 15. The molecule has 1 saturated carbocycles. The van der Waals surface area contributed by atoms with Crippen LogP contribution in [0.2, 0.25) is 0 Å². The molecule has 0 heterocycles. The molecule has 1 aliphatic rings. The van der Waals surface area contributed by atoms with Crippen LogP contribution in [0.3, 0.4) is 0 Å². The summed E-state index contributed by atoms with van der Waals surface area (Å²) >= 11 is 0. The van der Waals surface area contributed by atoms with E-state index in [9.17, 15) is 5.11 Å². The molecule has 0 aromatic carbocycles. The lowest BCUT2D eigenvalue weighted by atomic mass is 9.72. The molecule has 0 amide bonds. The lowest BCUT2D eigenvalue weighted by Crippen LogP contribution is -2.30. The topological polar surface area (TPSA) is 60.7 Å². The highest BCUT2D eigenvalue weighted by Gasteiger charge is 2.30. The van der Waals surface area contributed by atoms with Crippen molar-refractivity contribution in [3.8, 4) is 0 Å². The quantitative estimate of drug-likeness (QED) is 0.134. The van der Waals surface area contributed by atoms with Crippen LogP contribution in [0, 0.1) is 11.3 Å². The first-order valence-corrected chi connectivity index (χ1v) is 14.8. The molecule has 0 aliphatic heterocycles. The zero-order chi connectivity index (χ0) is 25.9. The van der Waals surface area contributed by atoms with Crippen molar-refractivity contribution in [2.75, 3.05) is 13.2 Å². The van der Waals surface area contributed by atoms with Gasteiger partial charge in [0.05, 0.1) is 6.10 Å². The van der Waals surface area contributed by atoms with Crippen LogP contribution in [0.5, 0.6) is 0 Å². The van der Waals surface area contributed by atoms with Crippen molar-refractivity contribution in [3.63, 3.8) is 0 Å². The van der Waals surface area contributed by atoms with Gasteiger partial charge >= 0.3 is 0 Å². The standard InChI is InChI=1S/C11H24O.C11H22O.C9H18O/c2*1-2-3-4-5-6-7-8-9-10-11-12;1-7-4-8(10)6-9(2,3)5-7/h12H,2-11H2,1H3;2,12H,1,3-11H2;7-8,10H,4-6H2,1-3H3. The van der Waals surface area contributed by atoms with Crippen LogP contribution in [-0.2, 0) is 0 Å². The first-order valence-electron chi connectivity index (χ1n) is 14.8. The molecule has 2 unspecified atom stereocenters. The Kier molecular flexibility index (Phi) is 28.6. The Balaban J connectivity index is 0. The number of hydrogen-bond donors (Lipinski definition) is 3. The van der Waals surface area contributed by atoms with Crippen molar-refractivity contribution in [2.45, 2.75) is 162 Å². The van der Waals surface area contributed by atoms with Crippen LogP contribution in [0.4, 0.5) is 0 Å². The fourth-order valence-corrected chi connectivity index (χ4v) is 5.00. The van der Waals surface area contributed by atoms with Crippen LogP contribution < -0.4 is 0 Å². The van der Waals surface area contributed by atoms with Crippen molar-refractivity contribution in [1.82, 2.24) is 0 Å². The fourth-order valence-electron chi connectivity index (χ4n) is 5.00. The van der Waals surface area contributed by atoms with Gasteiger partial charge in [-0.2, -0.15) is 0 Å². The summed E-state index contributed by atoms with van der Waals surface area (Å²) in [6.45, 7) is 13.4. The molecule has 0 aromatic heterocycles. The number of allylic oxidation sites excluding steroid dienone is 1. The zero-order valence-electron chi connectivity index (χ0n) is 23.8. The molecule has 0 bridgehead atoms. The summed E-state index contributed by atoms with van der Waals surface area (Å²) in [6, 6.07) is 0. The Labute approximate surface area is 214 Å². The number of hydrogen-bond acceptors (Lipinski definition) is 3. The maximum Gasteiger partial charge on any atom is 0.0547 e. The third kappa shape index (κ3) is 29.7. The molecule has 2 atom stereocenters. The smallest absolute Gasteiger partial charge is 0.0547 e. The Morgan fingerprint density at radius 1 is 0.706 bits per heavy atom. The van der Waals surface area contributed by atoms with Crippen LogP contribution in [-0.4, -0.2) is 34.6 Å². The SMILES string of the molecule is C=CCCCCCCCCCO.CC1CC(O)CC(C)(C)C1.CCCCCCCCCCCO. The maximum atomic E-state index is 9.42. The molecule has 0 saturated heterocycles. The summed E-state index contributed by atoms with van der Waals surface area (Å²) in [5.41, 5.74) is 0.372. The van der Waals surface area contributed by atoms with E-state index in [-0.39, 0.29) is 6.10 Å². The van der Waals surface area contributed by atoms with E-state index < -0.39 is 0 Å². The van der Waals surface area contributed by atoms with E-state index in [0.717, 1.165) is 32.1 Å². The van der Waals surface area contributed by atoms with E-state index in [4.69, 9.17) is 10.2 Å². The number of aliphatic hydroxyl groups is 3. The lowest BCUT2D eigenvalue weighted by molar-refractivity contribution is 0.0394. The van der Waals surface area contributed by atoms with E-state index in [1.54, 1.807) is 0 Å². The maximum absolute atomic E-state index is 9.42. The second kappa shape index (κ2) is 27.2. The van der Waals surface area contributed by atoms with E-state index in [2.05, 4.69) is 34.3 Å². The molecule has 3 heteroatoms. The molecule has 0 spiro atoms. The normalized spacial score (nSPS) is 18.9. The van der Waals surface area contributed by atoms with Crippen molar-refractivity contribution in [1.29, 1.82) is 0 Å². The predicted molar refractivity (Wildman–Crippen MR) is 151 cm³/mol. The molecule has 0 radical (unpaired) electrons. The van der Waals surface area contributed by atoms with Gasteiger partial charge in [-0.15, -0.1) is 6.58 Å². The van der Waals surface area contributed by atoms with Gasteiger partial charge in [-0.25, -0.2) is 0 Å². The van der Waals surface area contributed by atoms with Gasteiger partial charge < -0.3 is 15.3 Å². The minimum Gasteiger partial charge on any atom is -0.396 e. The minimum atomic E-state index is -0.0428. The van der Waals surface area contributed by atoms with Crippen LogP contribution in [0.1, 0.15) is 156 Å². The van der Waals surface area contributed by atoms with E-state index in [1.807, 2.05) is 6.08 Å². The predicted octanol–water partition coefficient (Wildman–Crippen LogP) is 8.99. The molecule has 0 aromatic rings. The van der Waals surface area contributed by atoms with Crippen LogP contribution in [0.15, 0.2) is 12.7 Å². The molecule has 1 rings (SSSR count). The van der Waals surface area contributed by atoms with Gasteiger partial charge in [0.2, 0.25) is 0 Å². The number of aliphatic hydroxyl groups excluding tert-OH is 3. The first kappa shape index (κ1) is 35.8. The highest BCUT2D eigenvalue weighted by Crippen LogP contribution is 2.38. The molecule has 1 fully saturated rings. The Bertz CT molecular complexity index is 372. The molecule has 3 nitrogen and oxygen atoms in total. The van der Waals surface area contributed by atoms with E-state index in [0.29, 0.717) is 24.5 Å². The molecular formula is C31H64O3. The summed E-state index contributed by atoms with van der Waals surface area (Å²) < 4.78 is 0. The largest absolute Gasteiger partial charge is 0.396 e. The van der Waals surface area contributed by atoms with Gasteiger partial charge in [0.15, 0.2) is 0 Å². The number of rotatable bonds is 18. The lowest BCUT2D eigenvalue weighted by Gasteiger charge is -2.36. The average Bonchev–Trinajstić information content (AvgIpc) is 2.77. The molecule has 34 heavy (non-hydrogen) atoms. The Hall–Kier alpha value is -0.380. The summed E-state index contributed by atoms with van der Waals surface area (Å²) in [5.74, 6) is 0.707. The monoisotopic (exact) mass is 484 g/mol. The van der Waals surface area contributed by atoms with Crippen LogP contribution in [0.25, 0.3) is 0 Å². The van der Waals surface area contributed by atoms with Crippen molar-refractivity contribution < 1.29 is 15.3 Å². The van der Waals surface area contributed by atoms with Gasteiger partial charge in [-0.05, 0) is 56.3 Å². The molecule has 3 N–H and O–H groups in total. The Morgan fingerprint density at radius 3 is 1.47 bits per heavy atom. The summed E-state index contributed by atoms with van der Waals surface area (Å²) in [5, 5.41) is 26.5. The Morgan fingerprint density at radius 2 is 1.12 bits per heavy atom. The van der Waals surface area contributed by atoms with Gasteiger partial charge in [-0.1, -0.05) is 117 Å². The van der Waals surface area contributed by atoms with Crippen LogP contribution >= 0.6 is 0 Å².